The Morgan fingerprint density at radius 1 is 0.328 bits per heavy atom. The number of anilines is 3. The molecule has 1 aliphatic carbocycles. The van der Waals surface area contributed by atoms with E-state index in [1.165, 1.54) is 81.9 Å². The molecule has 1 aliphatic rings. The van der Waals surface area contributed by atoms with Gasteiger partial charge in [-0.15, -0.1) is 0 Å². The summed E-state index contributed by atoms with van der Waals surface area (Å²) in [7, 11) is 0. The lowest BCUT2D eigenvalue weighted by molar-refractivity contribution is 0.669. The third-order valence-electron chi connectivity index (χ3n) is 13.3. The summed E-state index contributed by atoms with van der Waals surface area (Å²) < 4.78 is 6.47. The van der Waals surface area contributed by atoms with Gasteiger partial charge in [0.2, 0.25) is 0 Å². The molecule has 0 aliphatic heterocycles. The van der Waals surface area contributed by atoms with Crippen molar-refractivity contribution in [3.05, 3.63) is 247 Å². The van der Waals surface area contributed by atoms with Gasteiger partial charge in [-0.25, -0.2) is 0 Å². The highest BCUT2D eigenvalue weighted by molar-refractivity contribution is 6.36. The molecule has 2 heteroatoms. The van der Waals surface area contributed by atoms with Gasteiger partial charge in [0, 0.05) is 32.9 Å². The monoisotopic (exact) mass is 775 g/mol. The van der Waals surface area contributed by atoms with Crippen LogP contribution in [0.1, 0.15) is 22.3 Å². The van der Waals surface area contributed by atoms with Crippen molar-refractivity contribution >= 4 is 82.1 Å². The molecule has 0 saturated carbocycles. The number of para-hydroxylation sites is 1. The second-order valence-corrected chi connectivity index (χ2v) is 16.3. The first kappa shape index (κ1) is 34.0. The lowest BCUT2D eigenvalue weighted by Crippen LogP contribution is -2.28. The number of furan rings is 1. The quantitative estimate of drug-likeness (QED) is 0.162. The minimum atomic E-state index is -0.528. The molecular weight excluding hydrogens is 739 g/mol. The van der Waals surface area contributed by atoms with Gasteiger partial charge >= 0.3 is 0 Å². The number of hydrogen-bond acceptors (Lipinski definition) is 2. The molecule has 284 valence electrons. The topological polar surface area (TPSA) is 16.4 Å². The number of nitrogens with zero attached hydrogens (tertiary/aromatic N) is 1. The van der Waals surface area contributed by atoms with Crippen molar-refractivity contribution in [1.29, 1.82) is 0 Å². The molecule has 61 heavy (non-hydrogen) atoms. The first-order chi connectivity index (χ1) is 30.3. The molecule has 0 amide bonds. The molecule has 0 fully saturated rings. The molecule has 0 atom stereocenters. The predicted octanol–water partition coefficient (Wildman–Crippen LogP) is 16.0. The van der Waals surface area contributed by atoms with Crippen molar-refractivity contribution in [2.45, 2.75) is 5.41 Å². The molecule has 0 unspecified atom stereocenters. The molecule has 11 aromatic carbocycles. The van der Waals surface area contributed by atoms with Gasteiger partial charge in [-0.1, -0.05) is 176 Å². The smallest absolute Gasteiger partial charge is 0.136 e. The Balaban J connectivity index is 1.15. The van der Waals surface area contributed by atoms with Crippen LogP contribution >= 0.6 is 0 Å². The molecule has 13 rings (SSSR count). The summed E-state index contributed by atoms with van der Waals surface area (Å²) in [6.45, 7) is 0. The summed E-state index contributed by atoms with van der Waals surface area (Å²) in [6.07, 6.45) is 0. The van der Waals surface area contributed by atoms with Crippen molar-refractivity contribution in [3.8, 4) is 11.1 Å². The maximum atomic E-state index is 6.47. The van der Waals surface area contributed by atoms with Crippen LogP contribution in [-0.4, -0.2) is 0 Å². The van der Waals surface area contributed by atoms with Crippen LogP contribution in [0.5, 0.6) is 0 Å². The zero-order chi connectivity index (χ0) is 40.1. The first-order valence-corrected chi connectivity index (χ1v) is 21.1. The van der Waals surface area contributed by atoms with Crippen LogP contribution in [0.3, 0.4) is 0 Å². The average Bonchev–Trinajstić information content (AvgIpc) is 3.86. The fraction of sp³-hybridized carbons (Fsp3) is 0.0169. The highest BCUT2D eigenvalue weighted by Crippen LogP contribution is 2.58. The van der Waals surface area contributed by atoms with Gasteiger partial charge in [-0.2, -0.15) is 0 Å². The summed E-state index contributed by atoms with van der Waals surface area (Å²) in [4.78, 5) is 2.50. The third-order valence-corrected chi connectivity index (χ3v) is 13.3. The second-order valence-electron chi connectivity index (χ2n) is 16.3. The maximum Gasteiger partial charge on any atom is 0.136 e. The summed E-state index contributed by atoms with van der Waals surface area (Å²) >= 11 is 0. The average molecular weight is 776 g/mol. The molecule has 0 saturated heterocycles. The van der Waals surface area contributed by atoms with Gasteiger partial charge in [0.15, 0.2) is 0 Å². The number of rotatable bonds is 5. The van der Waals surface area contributed by atoms with Crippen LogP contribution in [0.4, 0.5) is 17.1 Å². The highest BCUT2D eigenvalue weighted by Gasteiger charge is 2.46. The van der Waals surface area contributed by atoms with Crippen LogP contribution in [0.2, 0.25) is 0 Å². The lowest BCUT2D eigenvalue weighted by Gasteiger charge is -2.35. The Morgan fingerprint density at radius 3 is 1.69 bits per heavy atom. The van der Waals surface area contributed by atoms with Crippen LogP contribution in [0.25, 0.3) is 76.2 Å². The van der Waals surface area contributed by atoms with Gasteiger partial charge < -0.3 is 9.32 Å². The van der Waals surface area contributed by atoms with E-state index in [0.29, 0.717) is 0 Å². The molecule has 0 bridgehead atoms. The van der Waals surface area contributed by atoms with E-state index in [0.717, 1.165) is 33.6 Å². The van der Waals surface area contributed by atoms with E-state index in [-0.39, 0.29) is 0 Å². The van der Waals surface area contributed by atoms with E-state index in [1.54, 1.807) is 0 Å². The van der Waals surface area contributed by atoms with Crippen LogP contribution in [0, 0.1) is 0 Å². The largest absolute Gasteiger partial charge is 0.456 e. The van der Waals surface area contributed by atoms with Crippen LogP contribution < -0.4 is 4.90 Å². The predicted molar refractivity (Wildman–Crippen MR) is 256 cm³/mol. The van der Waals surface area contributed by atoms with E-state index in [4.69, 9.17) is 4.42 Å². The summed E-state index contributed by atoms with van der Waals surface area (Å²) in [5.41, 5.74) is 12.2. The lowest BCUT2D eigenvalue weighted by atomic mass is 9.67. The van der Waals surface area contributed by atoms with E-state index in [9.17, 15) is 0 Å². The van der Waals surface area contributed by atoms with Crippen LogP contribution in [0.15, 0.2) is 229 Å². The Morgan fingerprint density at radius 2 is 0.902 bits per heavy atom. The SMILES string of the molecule is c1ccc(C2(c3ccccc3)c3ccccc3-c3ccc(N(c4ccc5ccccc5c4)c4cccc5c6ccc7oc8ccccc8c7c6c6ccccc6c45)cc32)cc1. The summed E-state index contributed by atoms with van der Waals surface area (Å²) in [5.74, 6) is 0. The molecule has 0 radical (unpaired) electrons. The molecule has 1 heterocycles. The van der Waals surface area contributed by atoms with Gasteiger partial charge in [0.1, 0.15) is 11.2 Å². The minimum absolute atomic E-state index is 0.528. The van der Waals surface area contributed by atoms with E-state index in [2.05, 4.69) is 229 Å². The van der Waals surface area contributed by atoms with Crippen molar-refractivity contribution in [2.75, 3.05) is 4.90 Å². The van der Waals surface area contributed by atoms with Gasteiger partial charge in [-0.05, 0) is 114 Å². The molecule has 1 aromatic heterocycles. The van der Waals surface area contributed by atoms with Crippen molar-refractivity contribution < 1.29 is 4.42 Å². The fourth-order valence-corrected chi connectivity index (χ4v) is 10.8. The van der Waals surface area contributed by atoms with Gasteiger partial charge in [0.05, 0.1) is 11.1 Å². The number of fused-ring (bicyclic) bond motifs is 14. The zero-order valence-corrected chi connectivity index (χ0v) is 33.2. The van der Waals surface area contributed by atoms with Crippen molar-refractivity contribution in [3.63, 3.8) is 0 Å². The number of benzene rings is 11. The molecule has 2 nitrogen and oxygen atoms in total. The van der Waals surface area contributed by atoms with E-state index < -0.39 is 5.41 Å². The Bertz CT molecular complexity index is 3640. The molecule has 0 spiro atoms. The Labute approximate surface area is 353 Å². The van der Waals surface area contributed by atoms with Gasteiger partial charge in [0.25, 0.3) is 0 Å². The minimum Gasteiger partial charge on any atom is -0.456 e. The van der Waals surface area contributed by atoms with Gasteiger partial charge in [-0.3, -0.25) is 0 Å². The fourth-order valence-electron chi connectivity index (χ4n) is 10.8. The normalized spacial score (nSPS) is 13.0. The van der Waals surface area contributed by atoms with Crippen LogP contribution in [-0.2, 0) is 5.41 Å². The third kappa shape index (κ3) is 4.79. The standard InChI is InChI=1S/C59H37NO/c1-3-18-40(19-4-1)59(41-20-5-2-6-21-41)51-27-13-11-22-44(51)45-33-32-43(37-52(45)59)60(42-31-30-38-16-7-8-17-39(38)36-42)53-28-15-26-47-49-34-35-55-58(50-25-12-14-29-54(50)61-55)57(49)48-24-10-9-23-46(48)56(47)53/h1-37H. The second kappa shape index (κ2) is 13.0. The maximum absolute atomic E-state index is 6.47. The summed E-state index contributed by atoms with van der Waals surface area (Å²) in [6, 6.07) is 82.5. The molecule has 0 N–H and O–H groups in total. The van der Waals surface area contributed by atoms with Crippen molar-refractivity contribution in [2.24, 2.45) is 0 Å². The first-order valence-electron chi connectivity index (χ1n) is 21.1. The Hall–Kier alpha value is -7.94. The molecular formula is C59H37NO. The highest BCUT2D eigenvalue weighted by atomic mass is 16.3. The van der Waals surface area contributed by atoms with Crippen molar-refractivity contribution in [1.82, 2.24) is 0 Å². The zero-order valence-electron chi connectivity index (χ0n) is 33.2. The molecule has 12 aromatic rings. The number of hydrogen-bond donors (Lipinski definition) is 0. The summed E-state index contributed by atoms with van der Waals surface area (Å²) in [5, 5.41) is 12.0. The van der Waals surface area contributed by atoms with E-state index >= 15 is 0 Å². The van der Waals surface area contributed by atoms with E-state index in [1.807, 2.05) is 0 Å². The Kier molecular flexibility index (Phi) is 7.26.